The van der Waals surface area contributed by atoms with Crippen LogP contribution in [0.3, 0.4) is 0 Å². The molecular formula is C10H13N3O3. The predicted molar refractivity (Wildman–Crippen MR) is 61.3 cm³/mol. The Bertz CT molecular complexity index is 393. The van der Waals surface area contributed by atoms with Crippen molar-refractivity contribution in [2.24, 2.45) is 0 Å². The molecule has 0 fully saturated rings. The maximum Gasteiger partial charge on any atom is 0.294 e. The van der Waals surface area contributed by atoms with Crippen LogP contribution in [0.25, 0.3) is 0 Å². The maximum atomic E-state index is 10.7. The van der Waals surface area contributed by atoms with E-state index in [9.17, 15) is 14.9 Å². The van der Waals surface area contributed by atoms with Crippen LogP contribution in [-0.4, -0.2) is 17.8 Å². The van der Waals surface area contributed by atoms with Crippen LogP contribution in [-0.2, 0) is 4.79 Å². The Morgan fingerprint density at radius 3 is 2.88 bits per heavy atom. The Balaban J connectivity index is 2.71. The van der Waals surface area contributed by atoms with Crippen molar-refractivity contribution in [1.82, 2.24) is 0 Å². The van der Waals surface area contributed by atoms with Crippen molar-refractivity contribution in [3.05, 3.63) is 28.3 Å². The Kier molecular flexibility index (Phi) is 4.26. The van der Waals surface area contributed by atoms with Gasteiger partial charge in [0.15, 0.2) is 0 Å². The topological polar surface area (TPSA) is 98.3 Å². The van der Waals surface area contributed by atoms with Crippen LogP contribution >= 0.6 is 0 Å². The number of hydrogen-bond donors (Lipinski definition) is 2. The molecule has 0 heterocycles. The van der Waals surface area contributed by atoms with Gasteiger partial charge in [0.05, 0.1) is 4.92 Å². The lowest BCUT2D eigenvalue weighted by molar-refractivity contribution is -0.383. The predicted octanol–water partition coefficient (Wildman–Crippen LogP) is 1.57. The van der Waals surface area contributed by atoms with E-state index in [0.29, 0.717) is 30.8 Å². The highest BCUT2D eigenvalue weighted by Gasteiger charge is 2.12. The smallest absolute Gasteiger partial charge is 0.294 e. The molecule has 3 N–H and O–H groups in total. The average molecular weight is 223 g/mol. The van der Waals surface area contributed by atoms with E-state index in [-0.39, 0.29) is 5.69 Å². The molecule has 16 heavy (non-hydrogen) atoms. The number of nitrogen functional groups attached to an aromatic ring is 1. The standard InChI is InChI=1S/C10H13N3O3/c11-8-3-4-9(10(7-8)13(15)16)12-5-1-2-6-14/h3-4,6-7,12H,1-2,5,11H2. The molecule has 0 atom stereocenters. The zero-order chi connectivity index (χ0) is 12.0. The van der Waals surface area contributed by atoms with E-state index >= 15 is 0 Å². The lowest BCUT2D eigenvalue weighted by atomic mass is 10.2. The second-order valence-corrected chi connectivity index (χ2v) is 3.27. The third-order valence-corrected chi connectivity index (χ3v) is 2.03. The Morgan fingerprint density at radius 1 is 1.50 bits per heavy atom. The summed E-state index contributed by atoms with van der Waals surface area (Å²) in [5.41, 5.74) is 6.19. The summed E-state index contributed by atoms with van der Waals surface area (Å²) in [6, 6.07) is 4.46. The van der Waals surface area contributed by atoms with E-state index in [0.717, 1.165) is 6.29 Å². The Labute approximate surface area is 92.6 Å². The number of unbranched alkanes of at least 4 members (excludes halogenated alkanes) is 1. The van der Waals surface area contributed by atoms with Gasteiger partial charge in [-0.15, -0.1) is 0 Å². The molecule has 6 nitrogen and oxygen atoms in total. The van der Waals surface area contributed by atoms with Gasteiger partial charge in [-0.2, -0.15) is 0 Å². The van der Waals surface area contributed by atoms with Crippen molar-refractivity contribution < 1.29 is 9.72 Å². The molecule has 1 aromatic carbocycles. The van der Waals surface area contributed by atoms with Crippen molar-refractivity contribution >= 4 is 23.3 Å². The van der Waals surface area contributed by atoms with Gasteiger partial charge in [0.25, 0.3) is 5.69 Å². The first kappa shape index (κ1) is 12.0. The molecule has 0 spiro atoms. The molecule has 1 rings (SSSR count). The number of nitrogens with zero attached hydrogens (tertiary/aromatic N) is 1. The molecule has 0 aliphatic heterocycles. The number of nitro groups is 1. The zero-order valence-electron chi connectivity index (χ0n) is 8.68. The van der Waals surface area contributed by atoms with Gasteiger partial charge in [-0.25, -0.2) is 0 Å². The summed E-state index contributed by atoms with van der Waals surface area (Å²) in [5.74, 6) is 0. The number of nitro benzene ring substituents is 1. The van der Waals surface area contributed by atoms with E-state index in [4.69, 9.17) is 5.73 Å². The van der Waals surface area contributed by atoms with Crippen molar-refractivity contribution in [2.45, 2.75) is 12.8 Å². The zero-order valence-corrected chi connectivity index (χ0v) is 8.68. The van der Waals surface area contributed by atoms with Gasteiger partial charge in [-0.05, 0) is 18.6 Å². The molecule has 0 saturated heterocycles. The monoisotopic (exact) mass is 223 g/mol. The first-order valence-electron chi connectivity index (χ1n) is 4.86. The highest BCUT2D eigenvalue weighted by molar-refractivity contribution is 5.66. The van der Waals surface area contributed by atoms with E-state index in [2.05, 4.69) is 5.32 Å². The number of nitrogens with two attached hydrogens (primary N) is 1. The molecule has 86 valence electrons. The van der Waals surface area contributed by atoms with E-state index in [1.165, 1.54) is 6.07 Å². The second kappa shape index (κ2) is 5.69. The number of aldehydes is 1. The summed E-state index contributed by atoms with van der Waals surface area (Å²) < 4.78 is 0. The first-order chi connectivity index (χ1) is 7.65. The summed E-state index contributed by atoms with van der Waals surface area (Å²) in [5, 5.41) is 13.6. The summed E-state index contributed by atoms with van der Waals surface area (Å²) in [6.45, 7) is 0.517. The van der Waals surface area contributed by atoms with Crippen LogP contribution < -0.4 is 11.1 Å². The Morgan fingerprint density at radius 2 is 2.25 bits per heavy atom. The van der Waals surface area contributed by atoms with Crippen molar-refractivity contribution in [2.75, 3.05) is 17.6 Å². The van der Waals surface area contributed by atoms with Crippen LogP contribution in [0.5, 0.6) is 0 Å². The minimum atomic E-state index is -0.488. The molecule has 0 unspecified atom stereocenters. The van der Waals surface area contributed by atoms with Crippen LogP contribution in [0.4, 0.5) is 17.1 Å². The lowest BCUT2D eigenvalue weighted by Gasteiger charge is -2.06. The summed E-state index contributed by atoms with van der Waals surface area (Å²) in [7, 11) is 0. The number of benzene rings is 1. The van der Waals surface area contributed by atoms with Crippen molar-refractivity contribution in [3.63, 3.8) is 0 Å². The molecule has 0 bridgehead atoms. The number of nitrogens with one attached hydrogen (secondary N) is 1. The van der Waals surface area contributed by atoms with Crippen molar-refractivity contribution in [3.8, 4) is 0 Å². The number of hydrogen-bond acceptors (Lipinski definition) is 5. The van der Waals surface area contributed by atoms with Gasteiger partial charge in [-0.1, -0.05) is 0 Å². The van der Waals surface area contributed by atoms with Gasteiger partial charge < -0.3 is 15.8 Å². The van der Waals surface area contributed by atoms with Gasteiger partial charge in [-0.3, -0.25) is 10.1 Å². The van der Waals surface area contributed by atoms with E-state index in [1.807, 2.05) is 0 Å². The fourth-order valence-corrected chi connectivity index (χ4v) is 1.26. The quantitative estimate of drug-likeness (QED) is 0.251. The molecular weight excluding hydrogens is 210 g/mol. The molecule has 0 radical (unpaired) electrons. The molecule has 0 aliphatic carbocycles. The molecule has 0 aromatic heterocycles. The van der Waals surface area contributed by atoms with Crippen LogP contribution in [0.2, 0.25) is 0 Å². The number of anilines is 2. The molecule has 0 amide bonds. The molecule has 6 heteroatoms. The van der Waals surface area contributed by atoms with Gasteiger partial charge >= 0.3 is 0 Å². The SMILES string of the molecule is Nc1ccc(NCCCC=O)c([N+](=O)[O-])c1. The first-order valence-corrected chi connectivity index (χ1v) is 4.86. The minimum absolute atomic E-state index is 0.0499. The van der Waals surface area contributed by atoms with Crippen LogP contribution in [0.1, 0.15) is 12.8 Å². The van der Waals surface area contributed by atoms with Gasteiger partial charge in [0.2, 0.25) is 0 Å². The fourth-order valence-electron chi connectivity index (χ4n) is 1.26. The minimum Gasteiger partial charge on any atom is -0.399 e. The third kappa shape index (κ3) is 3.23. The lowest BCUT2D eigenvalue weighted by Crippen LogP contribution is -2.04. The second-order valence-electron chi connectivity index (χ2n) is 3.27. The highest BCUT2D eigenvalue weighted by atomic mass is 16.6. The third-order valence-electron chi connectivity index (χ3n) is 2.03. The molecule has 1 aromatic rings. The fraction of sp³-hybridized carbons (Fsp3) is 0.300. The normalized spacial score (nSPS) is 9.75. The Hall–Kier alpha value is -2.11. The highest BCUT2D eigenvalue weighted by Crippen LogP contribution is 2.26. The van der Waals surface area contributed by atoms with E-state index in [1.54, 1.807) is 12.1 Å². The maximum absolute atomic E-state index is 10.7. The van der Waals surface area contributed by atoms with E-state index < -0.39 is 4.92 Å². The van der Waals surface area contributed by atoms with Gasteiger partial charge in [0.1, 0.15) is 12.0 Å². The van der Waals surface area contributed by atoms with Crippen LogP contribution in [0, 0.1) is 10.1 Å². The largest absolute Gasteiger partial charge is 0.399 e. The summed E-state index contributed by atoms with van der Waals surface area (Å²) in [4.78, 5) is 20.3. The average Bonchev–Trinajstić information content (AvgIpc) is 2.26. The summed E-state index contributed by atoms with van der Waals surface area (Å²) >= 11 is 0. The molecule has 0 saturated carbocycles. The van der Waals surface area contributed by atoms with Crippen LogP contribution in [0.15, 0.2) is 18.2 Å². The number of carbonyl (C=O) groups is 1. The summed E-state index contributed by atoms with van der Waals surface area (Å²) in [6.07, 6.45) is 1.90. The van der Waals surface area contributed by atoms with Crippen molar-refractivity contribution in [1.29, 1.82) is 0 Å². The number of rotatable bonds is 6. The molecule has 0 aliphatic rings. The van der Waals surface area contributed by atoms with Gasteiger partial charge in [0, 0.05) is 24.7 Å². The number of carbonyl (C=O) groups excluding carboxylic acids is 1.